The molecule has 4 aliphatic heterocycles. The number of cyclic esters (lactones) is 1. The molecule has 1 aromatic heterocycles. The number of fused-ring (bicyclic) bond motifs is 3. The van der Waals surface area contributed by atoms with Crippen molar-refractivity contribution in [2.45, 2.75) is 62.7 Å². The van der Waals surface area contributed by atoms with E-state index in [4.69, 9.17) is 9.47 Å². The van der Waals surface area contributed by atoms with Crippen molar-refractivity contribution in [1.29, 1.82) is 0 Å². The molecule has 3 amide bonds. The van der Waals surface area contributed by atoms with Gasteiger partial charge in [0, 0.05) is 33.2 Å². The van der Waals surface area contributed by atoms with Gasteiger partial charge in [-0.3, -0.25) is 19.2 Å². The van der Waals surface area contributed by atoms with Crippen molar-refractivity contribution in [3.63, 3.8) is 0 Å². The Morgan fingerprint density at radius 2 is 1.78 bits per heavy atom. The van der Waals surface area contributed by atoms with Crippen LogP contribution in [0.15, 0.2) is 78.9 Å². The molecule has 1 spiro atoms. The first-order valence-electron chi connectivity index (χ1n) is 16.8. The number of rotatable bonds is 6. The number of nitrogens with zero attached hydrogens (tertiary/aromatic N) is 6. The highest BCUT2D eigenvalue weighted by molar-refractivity contribution is 5.99. The van der Waals surface area contributed by atoms with Crippen LogP contribution < -0.4 is 0 Å². The maximum Gasteiger partial charge on any atom is 0.313 e. The van der Waals surface area contributed by atoms with E-state index in [-0.39, 0.29) is 45.1 Å². The van der Waals surface area contributed by atoms with Gasteiger partial charge in [0.05, 0.1) is 23.6 Å². The molecule has 2 saturated heterocycles. The van der Waals surface area contributed by atoms with Crippen LogP contribution in [0.25, 0.3) is 11.0 Å². The minimum atomic E-state index is -1.42. The van der Waals surface area contributed by atoms with E-state index in [1.54, 1.807) is 33.7 Å². The number of esters is 1. The van der Waals surface area contributed by atoms with Gasteiger partial charge in [0.2, 0.25) is 11.8 Å². The van der Waals surface area contributed by atoms with E-state index in [0.717, 1.165) is 5.52 Å². The molecule has 0 saturated carbocycles. The van der Waals surface area contributed by atoms with Crippen LogP contribution in [-0.4, -0.2) is 109 Å². The second kappa shape index (κ2) is 13.2. The summed E-state index contributed by atoms with van der Waals surface area (Å²) >= 11 is 0. The summed E-state index contributed by atoms with van der Waals surface area (Å²) in [4.78, 5) is 61.5. The number of hydrogen-bond acceptors (Lipinski definition) is 9. The second-order valence-corrected chi connectivity index (χ2v) is 13.1. The van der Waals surface area contributed by atoms with Crippen LogP contribution in [0.3, 0.4) is 0 Å². The number of aromatic nitrogens is 3. The van der Waals surface area contributed by atoms with E-state index in [9.17, 15) is 24.3 Å². The normalized spacial score (nSPS) is 31.1. The van der Waals surface area contributed by atoms with Gasteiger partial charge in [-0.2, -0.15) is 0 Å². The number of likely N-dealkylation sites (N-methyl/N-ethyl adjacent to an activating group) is 1. The Labute approximate surface area is 283 Å². The predicted molar refractivity (Wildman–Crippen MR) is 176 cm³/mol. The summed E-state index contributed by atoms with van der Waals surface area (Å²) in [6, 6.07) is 15.0. The van der Waals surface area contributed by atoms with Gasteiger partial charge in [-0.05, 0) is 37.5 Å². The van der Waals surface area contributed by atoms with E-state index in [2.05, 4.69) is 10.3 Å². The lowest BCUT2D eigenvalue weighted by molar-refractivity contribution is -0.164. The summed E-state index contributed by atoms with van der Waals surface area (Å²) in [5, 5.41) is 18.3. The summed E-state index contributed by atoms with van der Waals surface area (Å²) in [7, 11) is 1.69. The fourth-order valence-corrected chi connectivity index (χ4v) is 7.70. The zero-order valence-electron chi connectivity index (χ0n) is 27.5. The Morgan fingerprint density at radius 3 is 2.57 bits per heavy atom. The Kier molecular flexibility index (Phi) is 8.80. The van der Waals surface area contributed by atoms with Crippen molar-refractivity contribution in [1.82, 2.24) is 29.7 Å². The van der Waals surface area contributed by atoms with E-state index in [1.807, 2.05) is 73.7 Å². The van der Waals surface area contributed by atoms with Crippen molar-refractivity contribution < 1.29 is 33.8 Å². The maximum absolute atomic E-state index is 14.8. The highest BCUT2D eigenvalue weighted by Gasteiger charge is 2.73. The molecule has 5 bridgehead atoms. The maximum atomic E-state index is 14.8. The van der Waals surface area contributed by atoms with E-state index < -0.39 is 59.5 Å². The molecular formula is C36H40N6O7. The van der Waals surface area contributed by atoms with Gasteiger partial charge < -0.3 is 29.3 Å². The topological polar surface area (TPSA) is 147 Å². The number of carbonyl (C=O) groups excluding carboxylic acids is 4. The molecule has 7 atom stereocenters. The fraction of sp³-hybridized carbons (Fsp3) is 0.444. The lowest BCUT2D eigenvalue weighted by Crippen LogP contribution is -2.56. The highest BCUT2D eigenvalue weighted by Crippen LogP contribution is 2.56. The number of para-hydroxylation sites is 1. The third-order valence-corrected chi connectivity index (χ3v) is 10.3. The third kappa shape index (κ3) is 5.60. The van der Waals surface area contributed by atoms with Crippen LogP contribution in [0.2, 0.25) is 0 Å². The van der Waals surface area contributed by atoms with Gasteiger partial charge in [-0.1, -0.05) is 72.0 Å². The summed E-state index contributed by atoms with van der Waals surface area (Å²) in [6.45, 7) is 1.93. The number of likely N-dealkylation sites (tertiary alicyclic amines) is 1. The van der Waals surface area contributed by atoms with Gasteiger partial charge in [0.1, 0.15) is 35.9 Å². The quantitative estimate of drug-likeness (QED) is 0.309. The van der Waals surface area contributed by atoms with Crippen LogP contribution in [0.1, 0.15) is 37.9 Å². The van der Waals surface area contributed by atoms with Gasteiger partial charge in [-0.15, -0.1) is 5.10 Å². The standard InChI is InChI=1S/C36H40N6O7/c1-23-31(24-12-5-3-6-13-24)48-35(47)29-27-17-18-36(49-27)30(29)33(45)41(20-11-21-43)32(36)34(46)40(19-10-4-7-16-28(44)39(23)2)22-42-26-15-9-8-14-25(26)37-38-42/h3-6,8-10,12-15,17-18,23,27,29-32,43H,7,11,16,19-22H2,1-2H3/b10-4-/t23-,27+,29-,30-,31+,32+,36-/m1/s1. The highest BCUT2D eigenvalue weighted by atomic mass is 16.6. The third-order valence-electron chi connectivity index (χ3n) is 10.3. The zero-order chi connectivity index (χ0) is 34.3. The van der Waals surface area contributed by atoms with Crippen LogP contribution in [-0.2, 0) is 35.3 Å². The summed E-state index contributed by atoms with van der Waals surface area (Å²) < 4.78 is 14.4. The van der Waals surface area contributed by atoms with Crippen LogP contribution in [0, 0.1) is 11.8 Å². The molecule has 3 aromatic rings. The number of carbonyl (C=O) groups is 4. The molecule has 13 nitrogen and oxygen atoms in total. The van der Waals surface area contributed by atoms with E-state index in [1.165, 1.54) is 4.90 Å². The molecule has 2 fully saturated rings. The number of allylic oxidation sites excluding steroid dienone is 1. The Morgan fingerprint density at radius 1 is 1.00 bits per heavy atom. The van der Waals surface area contributed by atoms with E-state index >= 15 is 0 Å². The summed E-state index contributed by atoms with van der Waals surface area (Å²) in [6.07, 6.45) is 6.47. The summed E-state index contributed by atoms with van der Waals surface area (Å²) in [5.41, 5.74) is 0.693. The molecule has 7 rings (SSSR count). The molecule has 0 unspecified atom stereocenters. The van der Waals surface area contributed by atoms with Crippen molar-refractivity contribution in [2.75, 3.05) is 26.7 Å². The Hall–Kier alpha value is -4.88. The molecule has 5 heterocycles. The van der Waals surface area contributed by atoms with Crippen molar-refractivity contribution >= 4 is 34.7 Å². The Bertz CT molecular complexity index is 1810. The molecule has 13 heteroatoms. The SMILES string of the molecule is C[C@@H]1[C@@H](c2ccccc2)OC(=O)[C@@H]2[C@@H]3C=C[C@]4(O3)[C@H](C(=O)N(Cn3nnc5ccccc53)C/C=C\CCC(=O)N1C)N(CCCO)C(=O)[C@@H]24. The lowest BCUT2D eigenvalue weighted by atomic mass is 9.74. The zero-order valence-corrected chi connectivity index (χ0v) is 27.5. The minimum absolute atomic E-state index is 0.0273. The molecule has 49 heavy (non-hydrogen) atoms. The van der Waals surface area contributed by atoms with Crippen molar-refractivity contribution in [2.24, 2.45) is 11.8 Å². The number of hydrogen-bond donors (Lipinski definition) is 1. The smallest absolute Gasteiger partial charge is 0.313 e. The van der Waals surface area contributed by atoms with Gasteiger partial charge in [0.25, 0.3) is 5.91 Å². The van der Waals surface area contributed by atoms with Gasteiger partial charge in [0.15, 0.2) is 0 Å². The number of aliphatic hydroxyl groups is 1. The largest absolute Gasteiger partial charge is 0.455 e. The monoisotopic (exact) mass is 668 g/mol. The first-order chi connectivity index (χ1) is 23.7. The molecule has 1 N–H and O–H groups in total. The summed E-state index contributed by atoms with van der Waals surface area (Å²) in [5.74, 6) is -3.60. The van der Waals surface area contributed by atoms with Gasteiger partial charge >= 0.3 is 5.97 Å². The first kappa shape index (κ1) is 32.7. The fourth-order valence-electron chi connectivity index (χ4n) is 7.70. The van der Waals surface area contributed by atoms with E-state index in [0.29, 0.717) is 17.5 Å². The molecule has 0 radical (unpaired) electrons. The molecular weight excluding hydrogens is 628 g/mol. The average Bonchev–Trinajstić information content (AvgIpc) is 3.87. The average molecular weight is 669 g/mol. The van der Waals surface area contributed by atoms with Crippen LogP contribution in [0.4, 0.5) is 0 Å². The molecule has 2 aromatic carbocycles. The predicted octanol–water partition coefficient (Wildman–Crippen LogP) is 2.23. The molecule has 0 aliphatic carbocycles. The molecule has 256 valence electrons. The first-order valence-corrected chi connectivity index (χ1v) is 16.8. The van der Waals surface area contributed by atoms with Crippen LogP contribution >= 0.6 is 0 Å². The van der Waals surface area contributed by atoms with Crippen molar-refractivity contribution in [3.05, 3.63) is 84.5 Å². The number of aliphatic hydroxyl groups excluding tert-OH is 1. The number of benzene rings is 2. The Balaban J connectivity index is 1.30. The minimum Gasteiger partial charge on any atom is -0.455 e. The van der Waals surface area contributed by atoms with Crippen molar-refractivity contribution in [3.8, 4) is 0 Å². The number of amides is 3. The second-order valence-electron chi connectivity index (χ2n) is 13.1. The lowest BCUT2D eigenvalue weighted by Gasteiger charge is -2.35. The number of ether oxygens (including phenoxy) is 2. The molecule has 4 aliphatic rings. The van der Waals surface area contributed by atoms with Crippen LogP contribution in [0.5, 0.6) is 0 Å². The van der Waals surface area contributed by atoms with Gasteiger partial charge in [-0.25, -0.2) is 4.68 Å².